The molecular formula is C30H32N2O5. The number of amides is 1. The summed E-state index contributed by atoms with van der Waals surface area (Å²) < 4.78 is 23.5. The monoisotopic (exact) mass is 500 g/mol. The van der Waals surface area contributed by atoms with Crippen molar-refractivity contribution in [1.82, 2.24) is 9.88 Å². The Morgan fingerprint density at radius 1 is 1.14 bits per heavy atom. The van der Waals surface area contributed by atoms with E-state index in [9.17, 15) is 4.79 Å². The van der Waals surface area contributed by atoms with Gasteiger partial charge >= 0.3 is 0 Å². The number of nitrogens with zero attached hydrogens (tertiary/aromatic N) is 2. The highest BCUT2D eigenvalue weighted by atomic mass is 16.5. The van der Waals surface area contributed by atoms with Gasteiger partial charge in [0.25, 0.3) is 0 Å². The molecular weight excluding hydrogens is 468 g/mol. The minimum Gasteiger partial charge on any atom is -0.497 e. The molecule has 1 atom stereocenters. The molecule has 0 radical (unpaired) electrons. The summed E-state index contributed by atoms with van der Waals surface area (Å²) in [5.74, 6) is 2.07. The van der Waals surface area contributed by atoms with Gasteiger partial charge in [-0.3, -0.25) is 9.78 Å². The first-order valence-corrected chi connectivity index (χ1v) is 12.7. The molecule has 0 saturated carbocycles. The molecule has 192 valence electrons. The zero-order chi connectivity index (χ0) is 25.5. The summed E-state index contributed by atoms with van der Waals surface area (Å²) in [6, 6.07) is 15.6. The van der Waals surface area contributed by atoms with Crippen LogP contribution in [0, 0.1) is 0 Å². The highest BCUT2D eigenvalue weighted by Crippen LogP contribution is 2.39. The Balaban J connectivity index is 1.38. The van der Waals surface area contributed by atoms with E-state index in [4.69, 9.17) is 18.9 Å². The SMILES string of the molecule is COc1ccc(/C=C/C(=O)N2CCOc3c(cc(-c4cccnc4)cc3OCC3CCCCO3)C2)cc1. The fourth-order valence-electron chi connectivity index (χ4n) is 4.59. The van der Waals surface area contributed by atoms with E-state index < -0.39 is 0 Å². The average Bonchev–Trinajstić information content (AvgIpc) is 3.19. The summed E-state index contributed by atoms with van der Waals surface area (Å²) in [7, 11) is 1.63. The molecule has 2 aromatic carbocycles. The number of hydrogen-bond acceptors (Lipinski definition) is 6. The van der Waals surface area contributed by atoms with E-state index in [-0.39, 0.29) is 12.0 Å². The van der Waals surface area contributed by atoms with E-state index in [1.807, 2.05) is 54.7 Å². The van der Waals surface area contributed by atoms with Crippen LogP contribution >= 0.6 is 0 Å². The van der Waals surface area contributed by atoms with E-state index >= 15 is 0 Å². The van der Waals surface area contributed by atoms with Crippen molar-refractivity contribution in [3.8, 4) is 28.4 Å². The van der Waals surface area contributed by atoms with Crippen molar-refractivity contribution >= 4 is 12.0 Å². The summed E-state index contributed by atoms with van der Waals surface area (Å²) >= 11 is 0. The number of ether oxygens (including phenoxy) is 4. The summed E-state index contributed by atoms with van der Waals surface area (Å²) in [5, 5.41) is 0. The minimum absolute atomic E-state index is 0.0721. The van der Waals surface area contributed by atoms with Crippen LogP contribution in [0.1, 0.15) is 30.4 Å². The van der Waals surface area contributed by atoms with Gasteiger partial charge in [-0.15, -0.1) is 0 Å². The van der Waals surface area contributed by atoms with Crippen LogP contribution in [0.15, 0.2) is 67.0 Å². The molecule has 7 heteroatoms. The first-order valence-electron chi connectivity index (χ1n) is 12.7. The lowest BCUT2D eigenvalue weighted by Crippen LogP contribution is -2.30. The van der Waals surface area contributed by atoms with Gasteiger partial charge < -0.3 is 23.8 Å². The number of hydrogen-bond donors (Lipinski definition) is 0. The molecule has 0 bridgehead atoms. The fraction of sp³-hybridized carbons (Fsp3) is 0.333. The molecule has 1 aromatic heterocycles. The quantitative estimate of drug-likeness (QED) is 0.419. The Labute approximate surface area is 217 Å². The topological polar surface area (TPSA) is 70.1 Å². The second kappa shape index (κ2) is 11.9. The smallest absolute Gasteiger partial charge is 0.246 e. The van der Waals surface area contributed by atoms with Gasteiger partial charge in [-0.2, -0.15) is 0 Å². The van der Waals surface area contributed by atoms with E-state index in [0.29, 0.717) is 37.8 Å². The van der Waals surface area contributed by atoms with Crippen molar-refractivity contribution < 1.29 is 23.7 Å². The molecule has 5 rings (SSSR count). The zero-order valence-corrected chi connectivity index (χ0v) is 21.1. The van der Waals surface area contributed by atoms with E-state index in [0.717, 1.165) is 53.9 Å². The van der Waals surface area contributed by atoms with Crippen LogP contribution in [0.2, 0.25) is 0 Å². The Morgan fingerprint density at radius 2 is 2.03 bits per heavy atom. The number of methoxy groups -OCH3 is 1. The van der Waals surface area contributed by atoms with Crippen LogP contribution < -0.4 is 14.2 Å². The van der Waals surface area contributed by atoms with Gasteiger partial charge in [0.05, 0.1) is 19.8 Å². The summed E-state index contributed by atoms with van der Waals surface area (Å²) in [6.45, 7) is 2.54. The van der Waals surface area contributed by atoms with Crippen LogP contribution in [0.5, 0.6) is 17.2 Å². The average molecular weight is 501 g/mol. The Hall–Kier alpha value is -3.84. The van der Waals surface area contributed by atoms with Gasteiger partial charge in [0.2, 0.25) is 5.91 Å². The lowest BCUT2D eigenvalue weighted by Gasteiger charge is -2.24. The number of benzene rings is 2. The van der Waals surface area contributed by atoms with Crippen molar-refractivity contribution in [3.05, 3.63) is 78.1 Å². The molecule has 1 saturated heterocycles. The maximum absolute atomic E-state index is 13.1. The molecule has 3 heterocycles. The van der Waals surface area contributed by atoms with Gasteiger partial charge in [0.15, 0.2) is 11.5 Å². The summed E-state index contributed by atoms with van der Waals surface area (Å²) in [6.07, 6.45) is 10.3. The number of carbonyl (C=O) groups is 1. The van der Waals surface area contributed by atoms with E-state index in [1.54, 1.807) is 24.3 Å². The van der Waals surface area contributed by atoms with E-state index in [1.165, 1.54) is 0 Å². The lowest BCUT2D eigenvalue weighted by atomic mass is 10.0. The number of fused-ring (bicyclic) bond motifs is 1. The van der Waals surface area contributed by atoms with Crippen LogP contribution in [-0.4, -0.2) is 55.4 Å². The lowest BCUT2D eigenvalue weighted by molar-refractivity contribution is -0.126. The molecule has 7 nitrogen and oxygen atoms in total. The maximum Gasteiger partial charge on any atom is 0.246 e. The molecule has 0 aliphatic carbocycles. The van der Waals surface area contributed by atoms with Crippen LogP contribution in [0.25, 0.3) is 17.2 Å². The summed E-state index contributed by atoms with van der Waals surface area (Å²) in [5.41, 5.74) is 3.79. The summed E-state index contributed by atoms with van der Waals surface area (Å²) in [4.78, 5) is 19.2. The van der Waals surface area contributed by atoms with Crippen molar-refractivity contribution in [2.45, 2.75) is 31.9 Å². The van der Waals surface area contributed by atoms with Gasteiger partial charge in [-0.05, 0) is 66.8 Å². The molecule has 1 unspecified atom stereocenters. The maximum atomic E-state index is 13.1. The third kappa shape index (κ3) is 6.30. The molecule has 3 aromatic rings. The zero-order valence-electron chi connectivity index (χ0n) is 21.1. The largest absolute Gasteiger partial charge is 0.497 e. The Kier molecular flexibility index (Phi) is 8.01. The normalized spacial score (nSPS) is 17.5. The van der Waals surface area contributed by atoms with Crippen LogP contribution in [0.4, 0.5) is 0 Å². The fourth-order valence-corrected chi connectivity index (χ4v) is 4.59. The van der Waals surface area contributed by atoms with Crippen molar-refractivity contribution in [1.29, 1.82) is 0 Å². The number of aromatic nitrogens is 1. The molecule has 0 spiro atoms. The van der Waals surface area contributed by atoms with Gasteiger partial charge in [0, 0.05) is 42.7 Å². The first-order chi connectivity index (χ1) is 18.2. The second-order valence-electron chi connectivity index (χ2n) is 9.22. The minimum atomic E-state index is -0.0721. The number of rotatable bonds is 7. The van der Waals surface area contributed by atoms with Crippen LogP contribution in [0.3, 0.4) is 0 Å². The number of carbonyl (C=O) groups excluding carboxylic acids is 1. The Bertz CT molecular complexity index is 1220. The molecule has 2 aliphatic rings. The second-order valence-corrected chi connectivity index (χ2v) is 9.22. The van der Waals surface area contributed by atoms with Crippen molar-refractivity contribution in [2.75, 3.05) is 33.5 Å². The van der Waals surface area contributed by atoms with Gasteiger partial charge in [0.1, 0.15) is 19.0 Å². The molecule has 2 aliphatic heterocycles. The van der Waals surface area contributed by atoms with Gasteiger partial charge in [-0.25, -0.2) is 0 Å². The molecule has 1 amide bonds. The number of pyridine rings is 1. The van der Waals surface area contributed by atoms with Crippen LogP contribution in [-0.2, 0) is 16.1 Å². The van der Waals surface area contributed by atoms with Crippen molar-refractivity contribution in [3.63, 3.8) is 0 Å². The molecule has 1 fully saturated rings. The Morgan fingerprint density at radius 3 is 2.78 bits per heavy atom. The standard InChI is InChI=1S/C30H32N2O5/c1-34-26-10-7-22(8-11-26)9-12-29(33)32-14-16-36-30-25(20-32)17-24(23-5-4-13-31-19-23)18-28(30)37-21-27-6-2-3-15-35-27/h4-5,7-13,17-19,27H,2-3,6,14-16,20-21H2,1H3/b12-9+. The molecule has 37 heavy (non-hydrogen) atoms. The first kappa shape index (κ1) is 24.8. The predicted octanol–water partition coefficient (Wildman–Crippen LogP) is 5.14. The van der Waals surface area contributed by atoms with Crippen molar-refractivity contribution in [2.24, 2.45) is 0 Å². The predicted molar refractivity (Wildman–Crippen MR) is 142 cm³/mol. The third-order valence-corrected chi connectivity index (χ3v) is 6.64. The third-order valence-electron chi connectivity index (χ3n) is 6.64. The van der Waals surface area contributed by atoms with Gasteiger partial charge in [-0.1, -0.05) is 18.2 Å². The highest BCUT2D eigenvalue weighted by Gasteiger charge is 2.24. The highest BCUT2D eigenvalue weighted by molar-refractivity contribution is 5.92. The van der Waals surface area contributed by atoms with E-state index in [2.05, 4.69) is 11.1 Å². The molecule has 0 N–H and O–H groups in total.